The molecule has 1 saturated carbocycles. The fourth-order valence-corrected chi connectivity index (χ4v) is 1.83. The Balaban J connectivity index is 1.96. The molecule has 0 aromatic carbocycles. The molecule has 0 saturated heterocycles. The average Bonchev–Trinajstić information content (AvgIpc) is 2.85. The first-order valence-electron chi connectivity index (χ1n) is 5.45. The summed E-state index contributed by atoms with van der Waals surface area (Å²) in [6.45, 7) is 2.27. The Kier molecular flexibility index (Phi) is 4.93. The normalized spacial score (nSPS) is 25.1. The third-order valence-corrected chi connectivity index (χ3v) is 2.82. The maximum Gasteiger partial charge on any atom is 0.104 e. The predicted molar refractivity (Wildman–Crippen MR) is 55.2 cm³/mol. The highest BCUT2D eigenvalue weighted by atomic mass is 16.2. The molecule has 1 aliphatic carbocycles. The van der Waals surface area contributed by atoms with E-state index < -0.39 is 0 Å². The van der Waals surface area contributed by atoms with E-state index in [2.05, 4.69) is 18.8 Å². The smallest absolute Gasteiger partial charge is 0.104 e. The maximum absolute atomic E-state index is 8.47. The first-order valence-corrected chi connectivity index (χ1v) is 5.45. The van der Waals surface area contributed by atoms with Crippen molar-refractivity contribution in [3.63, 3.8) is 0 Å². The molecule has 0 heterocycles. The second kappa shape index (κ2) is 6.05. The van der Waals surface area contributed by atoms with Crippen molar-refractivity contribution in [1.29, 1.82) is 0 Å². The Morgan fingerprint density at radius 1 is 1.23 bits per heavy atom. The molecule has 1 heteroatoms. The molecule has 74 valence electrons. The summed E-state index contributed by atoms with van der Waals surface area (Å²) in [5.74, 6) is 7.55. The Bertz CT molecular complexity index is 187. The summed E-state index contributed by atoms with van der Waals surface area (Å²) in [5.41, 5.74) is 0. The Labute approximate surface area is 81.5 Å². The lowest BCUT2D eigenvalue weighted by Crippen LogP contribution is -1.83. The molecule has 0 aliphatic heterocycles. The van der Waals surface area contributed by atoms with Crippen LogP contribution in [0.1, 0.15) is 45.4 Å². The Morgan fingerprint density at radius 2 is 2.08 bits per heavy atom. The molecule has 1 rings (SSSR count). The average molecular weight is 180 g/mol. The third kappa shape index (κ3) is 4.33. The van der Waals surface area contributed by atoms with E-state index in [9.17, 15) is 0 Å². The van der Waals surface area contributed by atoms with Crippen LogP contribution in [-0.4, -0.2) is 11.7 Å². The van der Waals surface area contributed by atoms with Crippen molar-refractivity contribution < 1.29 is 5.11 Å². The molecule has 1 fully saturated rings. The van der Waals surface area contributed by atoms with Crippen LogP contribution in [0.25, 0.3) is 0 Å². The van der Waals surface area contributed by atoms with E-state index in [1.54, 1.807) is 0 Å². The zero-order valence-corrected chi connectivity index (χ0v) is 8.55. The Hall–Kier alpha value is -0.480. The van der Waals surface area contributed by atoms with E-state index >= 15 is 0 Å². The molecule has 0 unspecified atom stereocenters. The molecule has 0 amide bonds. The van der Waals surface area contributed by atoms with Gasteiger partial charge in [0.2, 0.25) is 0 Å². The largest absolute Gasteiger partial charge is 0.384 e. The molecular formula is C12H20O. The van der Waals surface area contributed by atoms with Crippen LogP contribution >= 0.6 is 0 Å². The van der Waals surface area contributed by atoms with Gasteiger partial charge in [0.1, 0.15) is 6.61 Å². The number of unbranched alkanes of at least 4 members (excludes halogenated alkanes) is 2. The van der Waals surface area contributed by atoms with Crippen molar-refractivity contribution in [2.75, 3.05) is 6.61 Å². The van der Waals surface area contributed by atoms with Gasteiger partial charge < -0.3 is 5.11 Å². The molecule has 0 radical (unpaired) electrons. The molecule has 0 bridgehead atoms. The fourth-order valence-electron chi connectivity index (χ4n) is 1.83. The van der Waals surface area contributed by atoms with Crippen LogP contribution < -0.4 is 0 Å². The van der Waals surface area contributed by atoms with Crippen molar-refractivity contribution in [3.8, 4) is 11.8 Å². The monoisotopic (exact) mass is 180 g/mol. The van der Waals surface area contributed by atoms with Gasteiger partial charge in [0.15, 0.2) is 0 Å². The van der Waals surface area contributed by atoms with Gasteiger partial charge in [-0.1, -0.05) is 38.5 Å². The summed E-state index contributed by atoms with van der Waals surface area (Å²) in [6.07, 6.45) is 7.89. The van der Waals surface area contributed by atoms with Gasteiger partial charge in [-0.2, -0.15) is 0 Å². The topological polar surface area (TPSA) is 20.2 Å². The number of aliphatic hydroxyl groups excluding tert-OH is 1. The highest BCUT2D eigenvalue weighted by Crippen LogP contribution is 2.44. The number of rotatable bonds is 5. The van der Waals surface area contributed by atoms with Crippen LogP contribution in [0.15, 0.2) is 0 Å². The van der Waals surface area contributed by atoms with Gasteiger partial charge in [0.25, 0.3) is 0 Å². The summed E-state index contributed by atoms with van der Waals surface area (Å²) in [7, 11) is 0. The molecule has 1 aliphatic rings. The molecule has 0 aromatic rings. The molecule has 2 atom stereocenters. The highest BCUT2D eigenvalue weighted by molar-refractivity contribution is 5.03. The summed E-state index contributed by atoms with van der Waals surface area (Å²) >= 11 is 0. The minimum atomic E-state index is 0.0211. The first-order chi connectivity index (χ1) is 6.38. The molecule has 0 spiro atoms. The lowest BCUT2D eigenvalue weighted by molar-refractivity contribution is 0.350. The van der Waals surface area contributed by atoms with Gasteiger partial charge >= 0.3 is 0 Å². The van der Waals surface area contributed by atoms with Gasteiger partial charge in [-0.3, -0.25) is 0 Å². The SMILES string of the molecule is CCCCC[C@@H]1C[C@H]1CC#CCO. The zero-order valence-electron chi connectivity index (χ0n) is 8.55. The van der Waals surface area contributed by atoms with Crippen molar-refractivity contribution in [1.82, 2.24) is 0 Å². The van der Waals surface area contributed by atoms with E-state index in [4.69, 9.17) is 5.11 Å². The van der Waals surface area contributed by atoms with Crippen LogP contribution in [0.2, 0.25) is 0 Å². The minimum absolute atomic E-state index is 0.0211. The van der Waals surface area contributed by atoms with Crippen molar-refractivity contribution in [3.05, 3.63) is 0 Å². The summed E-state index contributed by atoms with van der Waals surface area (Å²) < 4.78 is 0. The molecule has 1 nitrogen and oxygen atoms in total. The lowest BCUT2D eigenvalue weighted by atomic mass is 10.1. The fraction of sp³-hybridized carbons (Fsp3) is 0.833. The van der Waals surface area contributed by atoms with Crippen LogP contribution in [0.3, 0.4) is 0 Å². The Morgan fingerprint density at radius 3 is 2.77 bits per heavy atom. The third-order valence-electron chi connectivity index (χ3n) is 2.82. The highest BCUT2D eigenvalue weighted by Gasteiger charge is 2.34. The molecule has 13 heavy (non-hydrogen) atoms. The predicted octanol–water partition coefficient (Wildman–Crippen LogP) is 2.59. The zero-order chi connectivity index (χ0) is 9.52. The van der Waals surface area contributed by atoms with Crippen molar-refractivity contribution in [2.24, 2.45) is 11.8 Å². The second-order valence-corrected chi connectivity index (χ2v) is 3.97. The van der Waals surface area contributed by atoms with E-state index in [0.29, 0.717) is 0 Å². The van der Waals surface area contributed by atoms with Crippen molar-refractivity contribution >= 4 is 0 Å². The number of hydrogen-bond acceptors (Lipinski definition) is 1. The van der Waals surface area contributed by atoms with Gasteiger partial charge in [0, 0.05) is 6.42 Å². The number of aliphatic hydroxyl groups is 1. The van der Waals surface area contributed by atoms with Gasteiger partial charge in [-0.25, -0.2) is 0 Å². The first kappa shape index (κ1) is 10.6. The van der Waals surface area contributed by atoms with Crippen LogP contribution in [0, 0.1) is 23.7 Å². The van der Waals surface area contributed by atoms with Gasteiger partial charge in [0.05, 0.1) is 0 Å². The molecule has 0 aromatic heterocycles. The maximum atomic E-state index is 8.47. The van der Waals surface area contributed by atoms with Gasteiger partial charge in [-0.05, 0) is 18.3 Å². The van der Waals surface area contributed by atoms with E-state index in [1.165, 1.54) is 32.1 Å². The van der Waals surface area contributed by atoms with E-state index in [-0.39, 0.29) is 6.61 Å². The lowest BCUT2D eigenvalue weighted by Gasteiger charge is -1.96. The number of hydrogen-bond donors (Lipinski definition) is 1. The molecular weight excluding hydrogens is 160 g/mol. The van der Waals surface area contributed by atoms with E-state index in [1.807, 2.05) is 0 Å². The van der Waals surface area contributed by atoms with Crippen molar-refractivity contribution in [2.45, 2.75) is 45.4 Å². The van der Waals surface area contributed by atoms with E-state index in [0.717, 1.165) is 18.3 Å². The summed E-state index contributed by atoms with van der Waals surface area (Å²) in [6, 6.07) is 0. The van der Waals surface area contributed by atoms with Crippen LogP contribution in [0.5, 0.6) is 0 Å². The second-order valence-electron chi connectivity index (χ2n) is 3.97. The molecule has 1 N–H and O–H groups in total. The minimum Gasteiger partial charge on any atom is -0.384 e. The standard InChI is InChI=1S/C12H20O/c1-2-3-4-7-11-10-12(11)8-5-6-9-13/h11-13H,2-4,7-10H2,1H3/t11-,12-/m1/s1. The summed E-state index contributed by atoms with van der Waals surface area (Å²) in [4.78, 5) is 0. The summed E-state index contributed by atoms with van der Waals surface area (Å²) in [5, 5.41) is 8.47. The van der Waals surface area contributed by atoms with Crippen LogP contribution in [-0.2, 0) is 0 Å². The quantitative estimate of drug-likeness (QED) is 0.509. The van der Waals surface area contributed by atoms with Crippen LogP contribution in [0.4, 0.5) is 0 Å². The van der Waals surface area contributed by atoms with Gasteiger partial charge in [-0.15, -0.1) is 5.92 Å².